The van der Waals surface area contributed by atoms with Gasteiger partial charge in [-0.1, -0.05) is 109 Å². The van der Waals surface area contributed by atoms with Gasteiger partial charge in [0.2, 0.25) is 0 Å². The van der Waals surface area contributed by atoms with Gasteiger partial charge in [-0.05, 0) is 54.7 Å². The number of nitrogens with two attached hydrogens (primary N) is 1. The fraction of sp³-hybridized carbons (Fsp3) is 0.586. The van der Waals surface area contributed by atoms with Crippen molar-refractivity contribution in [1.82, 2.24) is 0 Å². The van der Waals surface area contributed by atoms with E-state index < -0.39 is 0 Å². The van der Waals surface area contributed by atoms with E-state index in [1.54, 1.807) is 0 Å². The Morgan fingerprint density at radius 2 is 1.26 bits per heavy atom. The van der Waals surface area contributed by atoms with E-state index in [0.29, 0.717) is 5.69 Å². The lowest BCUT2D eigenvalue weighted by molar-refractivity contribution is 0.484. The van der Waals surface area contributed by atoms with Gasteiger partial charge < -0.3 is 10.5 Å². The molecule has 2 nitrogen and oxygen atoms in total. The Bertz CT molecular complexity index is 724. The van der Waals surface area contributed by atoms with Crippen molar-refractivity contribution in [2.75, 3.05) is 5.73 Å². The van der Waals surface area contributed by atoms with E-state index in [0.717, 1.165) is 24.3 Å². The lowest BCUT2D eigenvalue weighted by Crippen LogP contribution is -1.94. The molecule has 0 aliphatic rings. The van der Waals surface area contributed by atoms with Crippen LogP contribution >= 0.6 is 0 Å². The van der Waals surface area contributed by atoms with E-state index >= 15 is 0 Å². The summed E-state index contributed by atoms with van der Waals surface area (Å²) in [4.78, 5) is 0. The van der Waals surface area contributed by atoms with Crippen LogP contribution in [0.2, 0.25) is 0 Å². The number of unbranched alkanes of at least 4 members (excludes halogenated alkanes) is 12. The predicted octanol–water partition coefficient (Wildman–Crippen LogP) is 9.26. The summed E-state index contributed by atoms with van der Waals surface area (Å²) in [5, 5.41) is 0. The average molecular weight is 424 g/mol. The summed E-state index contributed by atoms with van der Waals surface area (Å²) < 4.78 is 6.04. The van der Waals surface area contributed by atoms with Gasteiger partial charge in [0.05, 0.1) is 5.69 Å². The Hall–Kier alpha value is -1.96. The van der Waals surface area contributed by atoms with Crippen LogP contribution < -0.4 is 10.5 Å². The number of ether oxygens (including phenoxy) is 1. The summed E-state index contributed by atoms with van der Waals surface area (Å²) in [5.74, 6) is 1.62. The summed E-state index contributed by atoms with van der Waals surface area (Å²) in [5.41, 5.74) is 9.45. The summed E-state index contributed by atoms with van der Waals surface area (Å²) in [6.07, 6.45) is 20.3. The molecular weight excluding hydrogens is 378 g/mol. The zero-order valence-electron chi connectivity index (χ0n) is 20.1. The topological polar surface area (TPSA) is 35.2 Å². The third kappa shape index (κ3) is 10.8. The Morgan fingerprint density at radius 3 is 1.84 bits per heavy atom. The van der Waals surface area contributed by atoms with Crippen LogP contribution in [0.25, 0.3) is 0 Å². The molecule has 0 radical (unpaired) electrons. The van der Waals surface area contributed by atoms with E-state index in [-0.39, 0.29) is 0 Å². The Morgan fingerprint density at radius 1 is 0.645 bits per heavy atom. The van der Waals surface area contributed by atoms with Crippen LogP contribution in [0.1, 0.15) is 108 Å². The van der Waals surface area contributed by atoms with Crippen molar-refractivity contribution in [3.8, 4) is 11.5 Å². The van der Waals surface area contributed by atoms with Crippen LogP contribution in [0.4, 0.5) is 5.69 Å². The maximum Gasteiger partial charge on any atom is 0.150 e. The third-order valence-electron chi connectivity index (χ3n) is 6.18. The summed E-state index contributed by atoms with van der Waals surface area (Å²) in [6.45, 7) is 4.42. The maximum atomic E-state index is 6.15. The number of rotatable bonds is 17. The van der Waals surface area contributed by atoms with Gasteiger partial charge in [-0.2, -0.15) is 0 Å². The average Bonchev–Trinajstić information content (AvgIpc) is 2.78. The highest BCUT2D eigenvalue weighted by Gasteiger charge is 2.04. The van der Waals surface area contributed by atoms with E-state index in [2.05, 4.69) is 38.1 Å². The lowest BCUT2D eigenvalue weighted by atomic mass is 10.0. The molecule has 0 bridgehead atoms. The number of nitrogen functional groups attached to an aromatic ring is 1. The van der Waals surface area contributed by atoms with E-state index in [4.69, 9.17) is 10.5 Å². The van der Waals surface area contributed by atoms with Crippen LogP contribution in [0.15, 0.2) is 42.5 Å². The van der Waals surface area contributed by atoms with Crippen LogP contribution in [-0.2, 0) is 12.8 Å². The highest BCUT2D eigenvalue weighted by Crippen LogP contribution is 2.29. The SMILES string of the molecule is CCCCCCCCCCCCCCCc1cccc(Oc2ccc(CC)cc2N)c1. The first-order valence-corrected chi connectivity index (χ1v) is 12.9. The highest BCUT2D eigenvalue weighted by molar-refractivity contribution is 5.55. The van der Waals surface area contributed by atoms with Crippen molar-refractivity contribution >= 4 is 5.69 Å². The molecule has 0 atom stereocenters. The molecular formula is C29H45NO. The van der Waals surface area contributed by atoms with Gasteiger partial charge >= 0.3 is 0 Å². The van der Waals surface area contributed by atoms with Gasteiger partial charge in [0, 0.05) is 0 Å². The molecule has 2 rings (SSSR count). The molecule has 0 aliphatic carbocycles. The number of anilines is 1. The minimum Gasteiger partial charge on any atom is -0.455 e. The fourth-order valence-corrected chi connectivity index (χ4v) is 4.15. The molecule has 31 heavy (non-hydrogen) atoms. The van der Waals surface area contributed by atoms with Crippen molar-refractivity contribution in [2.45, 2.75) is 110 Å². The molecule has 172 valence electrons. The fourth-order valence-electron chi connectivity index (χ4n) is 4.15. The first-order chi connectivity index (χ1) is 15.2. The van der Waals surface area contributed by atoms with Gasteiger partial charge in [0.25, 0.3) is 0 Å². The Labute approximate surface area is 191 Å². The quantitative estimate of drug-likeness (QED) is 0.203. The summed E-state index contributed by atoms with van der Waals surface area (Å²) >= 11 is 0. The van der Waals surface area contributed by atoms with E-state index in [1.807, 2.05) is 18.2 Å². The van der Waals surface area contributed by atoms with Crippen molar-refractivity contribution in [3.63, 3.8) is 0 Å². The third-order valence-corrected chi connectivity index (χ3v) is 6.18. The molecule has 0 aliphatic heterocycles. The number of aryl methyl sites for hydroxylation is 2. The minimum atomic E-state index is 0.709. The van der Waals surface area contributed by atoms with E-state index in [1.165, 1.54) is 94.6 Å². The highest BCUT2D eigenvalue weighted by atomic mass is 16.5. The Balaban J connectivity index is 1.56. The van der Waals surface area contributed by atoms with E-state index in [9.17, 15) is 0 Å². The second-order valence-corrected chi connectivity index (χ2v) is 8.97. The van der Waals surface area contributed by atoms with Crippen molar-refractivity contribution in [2.24, 2.45) is 0 Å². The summed E-state index contributed by atoms with van der Waals surface area (Å²) in [6, 6.07) is 14.5. The zero-order valence-corrected chi connectivity index (χ0v) is 20.1. The normalized spacial score (nSPS) is 11.0. The molecule has 0 unspecified atom stereocenters. The molecule has 0 fully saturated rings. The van der Waals surface area contributed by atoms with Crippen molar-refractivity contribution in [3.05, 3.63) is 53.6 Å². The van der Waals surface area contributed by atoms with Crippen LogP contribution in [0.3, 0.4) is 0 Å². The summed E-state index contributed by atoms with van der Waals surface area (Å²) in [7, 11) is 0. The first-order valence-electron chi connectivity index (χ1n) is 12.9. The number of hydrogen-bond donors (Lipinski definition) is 1. The monoisotopic (exact) mass is 423 g/mol. The van der Waals surface area contributed by atoms with Crippen LogP contribution in [0.5, 0.6) is 11.5 Å². The number of hydrogen-bond acceptors (Lipinski definition) is 2. The van der Waals surface area contributed by atoms with Gasteiger partial charge in [-0.25, -0.2) is 0 Å². The zero-order chi connectivity index (χ0) is 22.2. The van der Waals surface area contributed by atoms with Gasteiger partial charge in [0.15, 0.2) is 0 Å². The molecule has 2 aromatic rings. The van der Waals surface area contributed by atoms with Gasteiger partial charge in [-0.15, -0.1) is 0 Å². The first kappa shape index (κ1) is 25.3. The largest absolute Gasteiger partial charge is 0.455 e. The number of benzene rings is 2. The molecule has 0 aromatic heterocycles. The Kier molecular flexibility index (Phi) is 12.9. The molecule has 2 N–H and O–H groups in total. The van der Waals surface area contributed by atoms with Crippen molar-refractivity contribution < 1.29 is 4.74 Å². The smallest absolute Gasteiger partial charge is 0.150 e. The lowest BCUT2D eigenvalue weighted by Gasteiger charge is -2.11. The van der Waals surface area contributed by atoms with Crippen LogP contribution in [0, 0.1) is 0 Å². The van der Waals surface area contributed by atoms with Gasteiger partial charge in [0.1, 0.15) is 11.5 Å². The molecule has 0 spiro atoms. The standard InChI is InChI=1S/C29H45NO/c1-3-5-6-7-8-9-10-11-12-13-14-15-16-18-26-19-17-20-27(23-26)31-29-22-21-25(4-2)24-28(29)30/h17,19-24H,3-16,18,30H2,1-2H3. The molecule has 0 saturated heterocycles. The van der Waals surface area contributed by atoms with Gasteiger partial charge in [-0.3, -0.25) is 0 Å². The molecule has 0 amide bonds. The molecule has 0 heterocycles. The maximum absolute atomic E-state index is 6.15. The molecule has 0 saturated carbocycles. The van der Waals surface area contributed by atoms with Crippen molar-refractivity contribution in [1.29, 1.82) is 0 Å². The molecule has 2 aromatic carbocycles. The second-order valence-electron chi connectivity index (χ2n) is 8.97. The predicted molar refractivity (Wildman–Crippen MR) is 136 cm³/mol. The second kappa shape index (κ2) is 15.8. The molecule has 2 heteroatoms. The minimum absolute atomic E-state index is 0.709. The van der Waals surface area contributed by atoms with Crippen LogP contribution in [-0.4, -0.2) is 0 Å².